The number of aryl methyl sites for hydroxylation is 1. The molecule has 0 saturated heterocycles. The van der Waals surface area contributed by atoms with Crippen molar-refractivity contribution in [2.45, 2.75) is 13.5 Å². The standard InChI is InChI=1S/C19H18N2O2/c1-3-10-21-17-9-8-16(11-18(17)23-13-19(21)22)20-12-15-7-5-4-6-14(15)2/h1,4-9,11,20H,10,12-13H2,2H3. The quantitative estimate of drug-likeness (QED) is 0.883. The van der Waals surface area contributed by atoms with E-state index in [2.05, 4.69) is 30.3 Å². The van der Waals surface area contributed by atoms with Crippen LogP contribution in [0.2, 0.25) is 0 Å². The topological polar surface area (TPSA) is 41.6 Å². The van der Waals surface area contributed by atoms with E-state index in [0.717, 1.165) is 17.9 Å². The summed E-state index contributed by atoms with van der Waals surface area (Å²) in [6.45, 7) is 3.11. The lowest BCUT2D eigenvalue weighted by Crippen LogP contribution is -2.38. The van der Waals surface area contributed by atoms with E-state index in [1.54, 1.807) is 4.90 Å². The molecule has 0 spiro atoms. The molecule has 1 amide bonds. The summed E-state index contributed by atoms with van der Waals surface area (Å²) in [7, 11) is 0. The third kappa shape index (κ3) is 3.14. The minimum Gasteiger partial charge on any atom is -0.481 e. The molecule has 0 radical (unpaired) electrons. The molecule has 0 saturated carbocycles. The van der Waals surface area contributed by atoms with Crippen LogP contribution in [0.15, 0.2) is 42.5 Å². The van der Waals surface area contributed by atoms with Crippen LogP contribution in [-0.4, -0.2) is 19.1 Å². The van der Waals surface area contributed by atoms with Crippen LogP contribution in [0.1, 0.15) is 11.1 Å². The number of benzene rings is 2. The van der Waals surface area contributed by atoms with E-state index >= 15 is 0 Å². The molecule has 1 N–H and O–H groups in total. The first-order chi connectivity index (χ1) is 11.2. The number of amides is 1. The van der Waals surface area contributed by atoms with Gasteiger partial charge < -0.3 is 10.1 Å². The van der Waals surface area contributed by atoms with Crippen molar-refractivity contribution in [1.82, 2.24) is 0 Å². The lowest BCUT2D eigenvalue weighted by Gasteiger charge is -2.28. The first-order valence-electron chi connectivity index (χ1n) is 7.48. The van der Waals surface area contributed by atoms with E-state index in [1.807, 2.05) is 30.3 Å². The molecule has 4 nitrogen and oxygen atoms in total. The molecule has 0 atom stereocenters. The van der Waals surface area contributed by atoms with Gasteiger partial charge in [-0.15, -0.1) is 6.42 Å². The summed E-state index contributed by atoms with van der Waals surface area (Å²) in [5, 5.41) is 3.39. The van der Waals surface area contributed by atoms with Crippen LogP contribution in [0.3, 0.4) is 0 Å². The minimum absolute atomic E-state index is 0.0237. The monoisotopic (exact) mass is 306 g/mol. The van der Waals surface area contributed by atoms with E-state index in [9.17, 15) is 4.79 Å². The van der Waals surface area contributed by atoms with Gasteiger partial charge in [-0.3, -0.25) is 9.69 Å². The van der Waals surface area contributed by atoms with Crippen LogP contribution >= 0.6 is 0 Å². The Labute approximate surface area is 136 Å². The molecule has 1 aliphatic rings. The summed E-state index contributed by atoms with van der Waals surface area (Å²) >= 11 is 0. The first-order valence-corrected chi connectivity index (χ1v) is 7.48. The Kier molecular flexibility index (Phi) is 4.20. The summed E-state index contributed by atoms with van der Waals surface area (Å²) in [5.74, 6) is 3.07. The van der Waals surface area contributed by atoms with Gasteiger partial charge in [0.2, 0.25) is 0 Å². The van der Waals surface area contributed by atoms with Gasteiger partial charge in [-0.1, -0.05) is 30.2 Å². The number of terminal acetylenes is 1. The van der Waals surface area contributed by atoms with E-state index in [4.69, 9.17) is 11.2 Å². The predicted molar refractivity (Wildman–Crippen MR) is 91.6 cm³/mol. The van der Waals surface area contributed by atoms with Gasteiger partial charge in [-0.2, -0.15) is 0 Å². The van der Waals surface area contributed by atoms with Crippen molar-refractivity contribution in [3.05, 3.63) is 53.6 Å². The van der Waals surface area contributed by atoms with E-state index in [0.29, 0.717) is 5.75 Å². The SMILES string of the molecule is C#CCN1C(=O)COc2cc(NCc3ccccc3C)ccc21. The Morgan fingerprint density at radius 1 is 1.30 bits per heavy atom. The molecular formula is C19H18N2O2. The summed E-state index contributed by atoms with van der Waals surface area (Å²) in [4.78, 5) is 13.4. The highest BCUT2D eigenvalue weighted by molar-refractivity contribution is 5.98. The number of hydrogen-bond acceptors (Lipinski definition) is 3. The zero-order valence-electron chi connectivity index (χ0n) is 13.0. The Hall–Kier alpha value is -2.93. The molecule has 3 rings (SSSR count). The number of rotatable bonds is 4. The lowest BCUT2D eigenvalue weighted by molar-refractivity contribution is -0.121. The summed E-state index contributed by atoms with van der Waals surface area (Å²) in [5.41, 5.74) is 4.16. The normalized spacial score (nSPS) is 13.0. The number of anilines is 2. The molecular weight excluding hydrogens is 288 g/mol. The van der Waals surface area contributed by atoms with Crippen LogP contribution in [-0.2, 0) is 11.3 Å². The molecule has 1 aliphatic heterocycles. The molecule has 116 valence electrons. The minimum atomic E-state index is -0.115. The second-order valence-corrected chi connectivity index (χ2v) is 5.44. The van der Waals surface area contributed by atoms with E-state index in [-0.39, 0.29) is 19.1 Å². The lowest BCUT2D eigenvalue weighted by atomic mass is 10.1. The summed E-state index contributed by atoms with van der Waals surface area (Å²) in [6, 6.07) is 14.0. The zero-order valence-corrected chi connectivity index (χ0v) is 13.0. The highest BCUT2D eigenvalue weighted by atomic mass is 16.5. The Balaban J connectivity index is 1.78. The van der Waals surface area contributed by atoms with Gasteiger partial charge >= 0.3 is 0 Å². The molecule has 0 aliphatic carbocycles. The van der Waals surface area contributed by atoms with Crippen molar-refractivity contribution in [1.29, 1.82) is 0 Å². The van der Waals surface area contributed by atoms with Crippen LogP contribution in [0.5, 0.6) is 5.75 Å². The van der Waals surface area contributed by atoms with Crippen LogP contribution in [0, 0.1) is 19.3 Å². The number of ether oxygens (including phenoxy) is 1. The number of nitrogens with zero attached hydrogens (tertiary/aromatic N) is 1. The highest BCUT2D eigenvalue weighted by Crippen LogP contribution is 2.34. The molecule has 0 bridgehead atoms. The maximum absolute atomic E-state index is 11.9. The second kappa shape index (κ2) is 6.45. The van der Waals surface area contributed by atoms with Gasteiger partial charge in [-0.05, 0) is 30.2 Å². The molecule has 4 heteroatoms. The second-order valence-electron chi connectivity index (χ2n) is 5.44. The Morgan fingerprint density at radius 3 is 2.91 bits per heavy atom. The maximum atomic E-state index is 11.9. The van der Waals surface area contributed by atoms with E-state index in [1.165, 1.54) is 11.1 Å². The van der Waals surface area contributed by atoms with Gasteiger partial charge in [0.05, 0.1) is 12.2 Å². The van der Waals surface area contributed by atoms with Gasteiger partial charge in [0.1, 0.15) is 5.75 Å². The number of fused-ring (bicyclic) bond motifs is 1. The van der Waals surface area contributed by atoms with Crippen molar-refractivity contribution in [3.8, 4) is 18.1 Å². The Bertz CT molecular complexity index is 777. The van der Waals surface area contributed by atoms with Crippen LogP contribution in [0.25, 0.3) is 0 Å². The van der Waals surface area contributed by atoms with Gasteiger partial charge in [0, 0.05) is 18.3 Å². The Morgan fingerprint density at radius 2 is 2.13 bits per heavy atom. The molecule has 23 heavy (non-hydrogen) atoms. The van der Waals surface area contributed by atoms with Gasteiger partial charge in [0.15, 0.2) is 6.61 Å². The first kappa shape index (κ1) is 15.0. The summed E-state index contributed by atoms with van der Waals surface area (Å²) < 4.78 is 5.53. The summed E-state index contributed by atoms with van der Waals surface area (Å²) in [6.07, 6.45) is 5.34. The van der Waals surface area contributed by atoms with E-state index < -0.39 is 0 Å². The number of hydrogen-bond donors (Lipinski definition) is 1. The number of carbonyl (C=O) groups excluding carboxylic acids is 1. The fourth-order valence-corrected chi connectivity index (χ4v) is 2.58. The van der Waals surface area contributed by atoms with Crippen molar-refractivity contribution in [2.24, 2.45) is 0 Å². The van der Waals surface area contributed by atoms with Gasteiger partial charge in [0.25, 0.3) is 5.91 Å². The molecule has 2 aromatic rings. The molecule has 2 aromatic carbocycles. The average molecular weight is 306 g/mol. The highest BCUT2D eigenvalue weighted by Gasteiger charge is 2.24. The fourth-order valence-electron chi connectivity index (χ4n) is 2.58. The largest absolute Gasteiger partial charge is 0.481 e. The number of nitrogens with one attached hydrogen (secondary N) is 1. The third-order valence-corrected chi connectivity index (χ3v) is 3.90. The molecule has 1 heterocycles. The number of carbonyl (C=O) groups is 1. The van der Waals surface area contributed by atoms with Crippen molar-refractivity contribution in [2.75, 3.05) is 23.4 Å². The van der Waals surface area contributed by atoms with Crippen molar-refractivity contribution >= 4 is 17.3 Å². The predicted octanol–water partition coefficient (Wildman–Crippen LogP) is 2.97. The van der Waals surface area contributed by atoms with Gasteiger partial charge in [-0.25, -0.2) is 0 Å². The maximum Gasteiger partial charge on any atom is 0.265 e. The van der Waals surface area contributed by atoms with Crippen molar-refractivity contribution in [3.63, 3.8) is 0 Å². The fraction of sp³-hybridized carbons (Fsp3) is 0.211. The average Bonchev–Trinajstić information content (AvgIpc) is 2.57. The van der Waals surface area contributed by atoms with Crippen molar-refractivity contribution < 1.29 is 9.53 Å². The van der Waals surface area contributed by atoms with Crippen LogP contribution < -0.4 is 15.0 Å². The molecule has 0 unspecified atom stereocenters. The smallest absolute Gasteiger partial charge is 0.265 e. The molecule has 0 aromatic heterocycles. The zero-order chi connectivity index (χ0) is 16.2. The van der Waals surface area contributed by atoms with Crippen LogP contribution in [0.4, 0.5) is 11.4 Å². The molecule has 0 fully saturated rings. The third-order valence-electron chi connectivity index (χ3n) is 3.90.